The molecule has 0 saturated carbocycles. The van der Waals surface area contributed by atoms with E-state index in [1.54, 1.807) is 17.0 Å². The van der Waals surface area contributed by atoms with Gasteiger partial charge < -0.3 is 13.9 Å². The van der Waals surface area contributed by atoms with Gasteiger partial charge in [-0.2, -0.15) is 0 Å². The molecule has 1 amide bonds. The second kappa shape index (κ2) is 5.85. The molecular weight excluding hydrogens is 298 g/mol. The third-order valence-electron chi connectivity index (χ3n) is 3.86. The van der Waals surface area contributed by atoms with Gasteiger partial charge in [-0.3, -0.25) is 9.69 Å². The van der Waals surface area contributed by atoms with Gasteiger partial charge in [-0.15, -0.1) is 0 Å². The number of carbonyl (C=O) groups is 2. The van der Waals surface area contributed by atoms with Gasteiger partial charge in [0.05, 0.1) is 25.3 Å². The molecule has 6 nitrogen and oxygen atoms in total. The fourth-order valence-corrected chi connectivity index (χ4v) is 2.97. The Morgan fingerprint density at radius 1 is 1.35 bits per heavy atom. The van der Waals surface area contributed by atoms with Crippen molar-refractivity contribution >= 4 is 18.0 Å². The maximum absolute atomic E-state index is 12.5. The van der Waals surface area contributed by atoms with E-state index in [4.69, 9.17) is 13.9 Å². The molecule has 1 aromatic rings. The predicted octanol–water partition coefficient (Wildman–Crippen LogP) is 2.88. The third-order valence-corrected chi connectivity index (χ3v) is 3.86. The van der Waals surface area contributed by atoms with Crippen molar-refractivity contribution in [1.82, 2.24) is 4.90 Å². The first-order valence-corrected chi connectivity index (χ1v) is 7.72. The molecule has 0 spiro atoms. The van der Waals surface area contributed by atoms with E-state index in [1.165, 1.54) is 0 Å². The zero-order valence-corrected chi connectivity index (χ0v) is 13.6. The van der Waals surface area contributed by atoms with E-state index in [-0.39, 0.29) is 18.2 Å². The molecule has 2 aliphatic heterocycles. The molecule has 1 saturated heterocycles. The van der Waals surface area contributed by atoms with Gasteiger partial charge in [0.2, 0.25) is 0 Å². The van der Waals surface area contributed by atoms with Crippen molar-refractivity contribution in [3.05, 3.63) is 29.7 Å². The van der Waals surface area contributed by atoms with Crippen LogP contribution in [0.5, 0.6) is 0 Å². The Morgan fingerprint density at radius 2 is 2.13 bits per heavy atom. The number of hydrogen-bond acceptors (Lipinski definition) is 5. The van der Waals surface area contributed by atoms with Gasteiger partial charge in [-0.05, 0) is 44.9 Å². The second-order valence-corrected chi connectivity index (χ2v) is 6.86. The molecule has 2 atom stereocenters. The monoisotopic (exact) mass is 319 g/mol. The van der Waals surface area contributed by atoms with Gasteiger partial charge in [-0.25, -0.2) is 4.79 Å². The number of carbonyl (C=O) groups excluding carboxylic acids is 2. The molecule has 124 valence electrons. The van der Waals surface area contributed by atoms with Gasteiger partial charge >= 0.3 is 6.09 Å². The SMILES string of the molecule is CC(C)(C)OC(=O)N1C2C=C(c3ccc(C=O)o3)CC1COC2. The summed E-state index contributed by atoms with van der Waals surface area (Å²) in [5.41, 5.74) is 0.465. The number of ether oxygens (including phenoxy) is 2. The summed E-state index contributed by atoms with van der Waals surface area (Å²) in [6.07, 6.45) is 2.94. The molecule has 0 aromatic carbocycles. The summed E-state index contributed by atoms with van der Waals surface area (Å²) in [7, 11) is 0. The van der Waals surface area contributed by atoms with Crippen molar-refractivity contribution in [3.63, 3.8) is 0 Å². The first-order valence-electron chi connectivity index (χ1n) is 7.72. The molecule has 1 fully saturated rings. The smallest absolute Gasteiger partial charge is 0.411 e. The van der Waals surface area contributed by atoms with Crippen LogP contribution < -0.4 is 0 Å². The average molecular weight is 319 g/mol. The van der Waals surface area contributed by atoms with Crippen LogP contribution in [0.4, 0.5) is 4.79 Å². The van der Waals surface area contributed by atoms with E-state index in [0.29, 0.717) is 37.4 Å². The van der Waals surface area contributed by atoms with Crippen LogP contribution in [-0.2, 0) is 9.47 Å². The van der Waals surface area contributed by atoms with Crippen molar-refractivity contribution in [2.24, 2.45) is 0 Å². The lowest BCUT2D eigenvalue weighted by atomic mass is 9.93. The van der Waals surface area contributed by atoms with Gasteiger partial charge in [0.1, 0.15) is 11.4 Å². The summed E-state index contributed by atoms with van der Waals surface area (Å²) in [5.74, 6) is 0.977. The number of furan rings is 1. The highest BCUT2D eigenvalue weighted by Crippen LogP contribution is 2.34. The Hall–Kier alpha value is -2.08. The third kappa shape index (κ3) is 3.32. The Balaban J connectivity index is 1.84. The Labute approximate surface area is 135 Å². The summed E-state index contributed by atoms with van der Waals surface area (Å²) >= 11 is 0. The van der Waals surface area contributed by atoms with E-state index >= 15 is 0 Å². The molecule has 23 heavy (non-hydrogen) atoms. The van der Waals surface area contributed by atoms with Gasteiger partial charge in [0.15, 0.2) is 12.0 Å². The standard InChI is InChI=1S/C17H21NO5/c1-17(2,3)23-16(20)18-12-6-11(7-13(18)10-21-9-12)15-5-4-14(8-19)22-15/h4-6,8,12-13H,7,9-10H2,1-3H3. The van der Waals surface area contributed by atoms with Crippen LogP contribution in [-0.4, -0.2) is 48.2 Å². The fraction of sp³-hybridized carbons (Fsp3) is 0.529. The first-order chi connectivity index (χ1) is 10.9. The van der Waals surface area contributed by atoms with E-state index in [2.05, 4.69) is 0 Å². The summed E-state index contributed by atoms with van der Waals surface area (Å²) < 4.78 is 16.6. The minimum Gasteiger partial charge on any atom is -0.454 e. The van der Waals surface area contributed by atoms with Crippen LogP contribution in [0.25, 0.3) is 5.57 Å². The molecule has 0 radical (unpaired) electrons. The second-order valence-electron chi connectivity index (χ2n) is 6.86. The van der Waals surface area contributed by atoms with Crippen LogP contribution >= 0.6 is 0 Å². The zero-order chi connectivity index (χ0) is 16.6. The molecule has 0 N–H and O–H groups in total. The molecule has 3 heterocycles. The molecule has 6 heteroatoms. The maximum atomic E-state index is 12.5. The largest absolute Gasteiger partial charge is 0.454 e. The number of amides is 1. The van der Waals surface area contributed by atoms with E-state index in [1.807, 2.05) is 26.8 Å². The number of hydrogen-bond donors (Lipinski definition) is 0. The topological polar surface area (TPSA) is 69.0 Å². The molecular formula is C17H21NO5. The van der Waals surface area contributed by atoms with E-state index in [0.717, 1.165) is 5.57 Å². The summed E-state index contributed by atoms with van der Waals surface area (Å²) in [6.45, 7) is 6.46. The predicted molar refractivity (Wildman–Crippen MR) is 83.2 cm³/mol. The van der Waals surface area contributed by atoms with Crippen molar-refractivity contribution in [3.8, 4) is 0 Å². The maximum Gasteiger partial charge on any atom is 0.411 e. The van der Waals surface area contributed by atoms with Gasteiger partial charge in [0.25, 0.3) is 0 Å². The van der Waals surface area contributed by atoms with E-state index < -0.39 is 5.60 Å². The lowest BCUT2D eigenvalue weighted by Crippen LogP contribution is -2.57. The Kier molecular flexibility index (Phi) is 4.02. The number of aldehydes is 1. The average Bonchev–Trinajstić information content (AvgIpc) is 2.92. The quantitative estimate of drug-likeness (QED) is 0.784. The molecule has 1 aromatic heterocycles. The normalized spacial score (nSPS) is 24.1. The number of rotatable bonds is 2. The highest BCUT2D eigenvalue weighted by molar-refractivity contribution is 5.75. The van der Waals surface area contributed by atoms with Gasteiger partial charge in [-0.1, -0.05) is 6.08 Å². The van der Waals surface area contributed by atoms with Crippen molar-refractivity contribution in [2.45, 2.75) is 44.9 Å². The molecule has 0 aliphatic carbocycles. The number of fused-ring (bicyclic) bond motifs is 2. The lowest BCUT2D eigenvalue weighted by molar-refractivity contribution is -0.0512. The zero-order valence-electron chi connectivity index (χ0n) is 13.6. The van der Waals surface area contributed by atoms with Gasteiger partial charge in [0, 0.05) is 0 Å². The van der Waals surface area contributed by atoms with Crippen LogP contribution in [0.3, 0.4) is 0 Å². The Morgan fingerprint density at radius 3 is 2.74 bits per heavy atom. The summed E-state index contributed by atoms with van der Waals surface area (Å²) in [6, 6.07) is 3.16. The Bertz CT molecular complexity index is 640. The fourth-order valence-electron chi connectivity index (χ4n) is 2.97. The molecule has 2 unspecified atom stereocenters. The van der Waals surface area contributed by atoms with Crippen molar-refractivity contribution < 1.29 is 23.5 Å². The molecule has 2 aliphatic rings. The summed E-state index contributed by atoms with van der Waals surface area (Å²) in [5, 5.41) is 0. The van der Waals surface area contributed by atoms with E-state index in [9.17, 15) is 9.59 Å². The van der Waals surface area contributed by atoms with Crippen LogP contribution in [0.1, 0.15) is 43.5 Å². The van der Waals surface area contributed by atoms with Crippen molar-refractivity contribution in [2.75, 3.05) is 13.2 Å². The van der Waals surface area contributed by atoms with Crippen LogP contribution in [0, 0.1) is 0 Å². The summed E-state index contributed by atoms with van der Waals surface area (Å²) in [4.78, 5) is 25.0. The molecule has 2 bridgehead atoms. The van der Waals surface area contributed by atoms with Crippen LogP contribution in [0.15, 0.2) is 22.6 Å². The highest BCUT2D eigenvalue weighted by atomic mass is 16.6. The minimum atomic E-state index is -0.532. The van der Waals surface area contributed by atoms with Crippen LogP contribution in [0.2, 0.25) is 0 Å². The lowest BCUT2D eigenvalue weighted by Gasteiger charge is -2.44. The highest BCUT2D eigenvalue weighted by Gasteiger charge is 2.40. The molecule has 3 rings (SSSR count). The number of nitrogens with zero attached hydrogens (tertiary/aromatic N) is 1. The van der Waals surface area contributed by atoms with Crippen molar-refractivity contribution in [1.29, 1.82) is 0 Å². The number of morpholine rings is 1. The first kappa shape index (κ1) is 15.8. The minimum absolute atomic E-state index is 0.0895.